The maximum absolute atomic E-state index is 12.9. The Balaban J connectivity index is 1.45. The Bertz CT molecular complexity index is 1500. The van der Waals surface area contributed by atoms with Gasteiger partial charge in [0.25, 0.3) is 0 Å². The van der Waals surface area contributed by atoms with E-state index in [-0.39, 0.29) is 29.6 Å². The van der Waals surface area contributed by atoms with Crippen LogP contribution in [0.3, 0.4) is 0 Å². The summed E-state index contributed by atoms with van der Waals surface area (Å²) in [6.45, 7) is 0.265. The van der Waals surface area contributed by atoms with Crippen molar-refractivity contribution < 1.29 is 32.9 Å². The first-order chi connectivity index (χ1) is 18.3. The molecule has 0 aliphatic heterocycles. The number of methoxy groups -OCH3 is 3. The first kappa shape index (κ1) is 27.2. The number of benzene rings is 3. The zero-order valence-corrected chi connectivity index (χ0v) is 22.4. The Kier molecular flexibility index (Phi) is 8.66. The number of carbonyl (C=O) groups excluding carboxylic acids is 1. The number of carbonyl (C=O) groups is 1. The number of rotatable bonds is 10. The van der Waals surface area contributed by atoms with Crippen LogP contribution in [0.15, 0.2) is 63.8 Å². The fourth-order valence-corrected chi connectivity index (χ4v) is 4.20. The van der Waals surface area contributed by atoms with E-state index in [4.69, 9.17) is 51.3 Å². The number of halogens is 2. The fourth-order valence-electron chi connectivity index (χ4n) is 3.74. The van der Waals surface area contributed by atoms with Crippen LogP contribution in [0, 0.1) is 0 Å². The van der Waals surface area contributed by atoms with Gasteiger partial charge in [-0.25, -0.2) is 0 Å². The zero-order valence-electron chi connectivity index (χ0n) is 20.8. The number of fused-ring (bicyclic) bond motifs is 1. The molecule has 0 spiro atoms. The topological polar surface area (TPSA) is 93.4 Å². The lowest BCUT2D eigenvalue weighted by Gasteiger charge is -2.14. The summed E-state index contributed by atoms with van der Waals surface area (Å²) in [7, 11) is 4.51. The summed E-state index contributed by atoms with van der Waals surface area (Å²) in [6.07, 6.45) is 0.517. The molecule has 198 valence electrons. The number of ether oxygens (including phenoxy) is 5. The molecule has 4 rings (SSSR count). The second-order valence-corrected chi connectivity index (χ2v) is 8.89. The van der Waals surface area contributed by atoms with Gasteiger partial charge in [0, 0.05) is 23.1 Å². The van der Waals surface area contributed by atoms with Crippen LogP contribution >= 0.6 is 23.2 Å². The van der Waals surface area contributed by atoms with Crippen molar-refractivity contribution in [3.05, 3.63) is 74.9 Å². The summed E-state index contributed by atoms with van der Waals surface area (Å²) in [6, 6.07) is 14.3. The van der Waals surface area contributed by atoms with Crippen LogP contribution in [0.5, 0.6) is 28.7 Å². The van der Waals surface area contributed by atoms with Gasteiger partial charge in [-0.05, 0) is 55.0 Å². The van der Waals surface area contributed by atoms with Crippen molar-refractivity contribution >= 4 is 40.1 Å². The molecule has 0 saturated carbocycles. The van der Waals surface area contributed by atoms with Crippen LogP contribution in [0.1, 0.15) is 12.8 Å². The van der Waals surface area contributed by atoms with Gasteiger partial charge in [-0.3, -0.25) is 9.59 Å². The normalized spacial score (nSPS) is 10.8. The third-order valence-electron chi connectivity index (χ3n) is 5.56. The summed E-state index contributed by atoms with van der Waals surface area (Å²) < 4.78 is 33.1. The second-order valence-electron chi connectivity index (χ2n) is 8.05. The van der Waals surface area contributed by atoms with Crippen molar-refractivity contribution in [2.45, 2.75) is 12.8 Å². The highest BCUT2D eigenvalue weighted by atomic mass is 35.5. The molecule has 0 radical (unpaired) electrons. The van der Waals surface area contributed by atoms with E-state index >= 15 is 0 Å². The van der Waals surface area contributed by atoms with Crippen LogP contribution in [-0.4, -0.2) is 33.9 Å². The third kappa shape index (κ3) is 6.15. The van der Waals surface area contributed by atoms with E-state index in [1.165, 1.54) is 33.5 Å². The molecule has 38 heavy (non-hydrogen) atoms. The highest BCUT2D eigenvalue weighted by Gasteiger charge is 2.17. The molecular formula is C28H24Cl2O8. The van der Waals surface area contributed by atoms with Crippen LogP contribution in [0.25, 0.3) is 22.3 Å². The van der Waals surface area contributed by atoms with E-state index in [1.54, 1.807) is 42.5 Å². The van der Waals surface area contributed by atoms with Crippen molar-refractivity contribution in [3.63, 3.8) is 0 Å². The van der Waals surface area contributed by atoms with Crippen LogP contribution in [-0.2, 0) is 4.79 Å². The molecule has 4 aromatic rings. The quantitative estimate of drug-likeness (QED) is 0.123. The molecule has 3 aromatic carbocycles. The number of hydrogen-bond donors (Lipinski definition) is 0. The van der Waals surface area contributed by atoms with Crippen LogP contribution < -0.4 is 29.1 Å². The maximum Gasteiger partial charge on any atom is 0.311 e. The van der Waals surface area contributed by atoms with E-state index in [9.17, 15) is 9.59 Å². The minimum absolute atomic E-state index is 0.109. The average Bonchev–Trinajstić information content (AvgIpc) is 2.91. The Morgan fingerprint density at radius 1 is 0.868 bits per heavy atom. The number of hydrogen-bond acceptors (Lipinski definition) is 8. The molecule has 0 N–H and O–H groups in total. The van der Waals surface area contributed by atoms with Crippen LogP contribution in [0.2, 0.25) is 10.0 Å². The van der Waals surface area contributed by atoms with Gasteiger partial charge in [-0.15, -0.1) is 0 Å². The van der Waals surface area contributed by atoms with E-state index in [0.29, 0.717) is 56.4 Å². The van der Waals surface area contributed by atoms with Gasteiger partial charge in [-0.2, -0.15) is 0 Å². The Hall–Kier alpha value is -3.88. The van der Waals surface area contributed by atoms with Gasteiger partial charge in [0.05, 0.1) is 38.3 Å². The van der Waals surface area contributed by atoms with Crippen LogP contribution in [0.4, 0.5) is 0 Å². The number of esters is 1. The average molecular weight is 559 g/mol. The van der Waals surface area contributed by atoms with Crippen molar-refractivity contribution in [2.24, 2.45) is 0 Å². The predicted octanol–water partition coefficient (Wildman–Crippen LogP) is 6.56. The molecule has 0 aliphatic rings. The molecule has 0 amide bonds. The summed E-state index contributed by atoms with van der Waals surface area (Å²) in [5.41, 5.74) is 0.589. The Labute approximate surface area is 228 Å². The summed E-state index contributed by atoms with van der Waals surface area (Å²) >= 11 is 11.9. The van der Waals surface area contributed by atoms with Gasteiger partial charge in [0.2, 0.25) is 5.75 Å². The largest absolute Gasteiger partial charge is 0.493 e. The van der Waals surface area contributed by atoms with E-state index in [2.05, 4.69) is 0 Å². The van der Waals surface area contributed by atoms with Gasteiger partial charge < -0.3 is 28.1 Å². The smallest absolute Gasteiger partial charge is 0.311 e. The highest BCUT2D eigenvalue weighted by Crippen LogP contribution is 2.41. The minimum atomic E-state index is -0.464. The fraction of sp³-hybridized carbons (Fsp3) is 0.214. The van der Waals surface area contributed by atoms with Crippen molar-refractivity contribution in [1.29, 1.82) is 0 Å². The molecule has 0 saturated heterocycles. The molecule has 8 nitrogen and oxygen atoms in total. The standard InChI is InChI=1S/C28H24Cl2O8/c1-33-25-11-16(12-26(34-2)28(25)35-3)24-15-21(31)19-14-18(7-9-22(19)38-24)37-27(32)5-4-10-36-23-8-6-17(29)13-20(23)30/h6-9,11-15H,4-5,10H2,1-3H3. The van der Waals surface area contributed by atoms with Gasteiger partial charge in [0.1, 0.15) is 22.8 Å². The maximum atomic E-state index is 12.9. The SMILES string of the molecule is COc1cc(-c2cc(=O)c3cc(OC(=O)CCCOc4ccc(Cl)cc4Cl)ccc3o2)cc(OC)c1OC. The lowest BCUT2D eigenvalue weighted by molar-refractivity contribution is -0.134. The van der Waals surface area contributed by atoms with Gasteiger partial charge in [0.15, 0.2) is 16.9 Å². The zero-order chi connectivity index (χ0) is 27.2. The Morgan fingerprint density at radius 3 is 2.26 bits per heavy atom. The van der Waals surface area contributed by atoms with Crippen molar-refractivity contribution in [1.82, 2.24) is 0 Å². The molecule has 0 aliphatic carbocycles. The lowest BCUT2D eigenvalue weighted by atomic mass is 10.1. The summed E-state index contributed by atoms with van der Waals surface area (Å²) in [5, 5.41) is 1.17. The molecule has 0 unspecified atom stereocenters. The first-order valence-corrected chi connectivity index (χ1v) is 12.3. The molecule has 1 heterocycles. The highest BCUT2D eigenvalue weighted by molar-refractivity contribution is 6.35. The molecular weight excluding hydrogens is 535 g/mol. The van der Waals surface area contributed by atoms with E-state index < -0.39 is 5.97 Å². The predicted molar refractivity (Wildman–Crippen MR) is 144 cm³/mol. The Morgan fingerprint density at radius 2 is 1.61 bits per heavy atom. The summed E-state index contributed by atoms with van der Waals surface area (Å²) in [4.78, 5) is 25.2. The van der Waals surface area contributed by atoms with Crippen molar-refractivity contribution in [2.75, 3.05) is 27.9 Å². The monoisotopic (exact) mass is 558 g/mol. The minimum Gasteiger partial charge on any atom is -0.493 e. The lowest BCUT2D eigenvalue weighted by Crippen LogP contribution is -2.10. The first-order valence-electron chi connectivity index (χ1n) is 11.5. The van der Waals surface area contributed by atoms with Gasteiger partial charge >= 0.3 is 5.97 Å². The molecule has 1 aromatic heterocycles. The summed E-state index contributed by atoms with van der Waals surface area (Å²) in [5.74, 6) is 1.84. The van der Waals surface area contributed by atoms with Gasteiger partial charge in [-0.1, -0.05) is 23.2 Å². The van der Waals surface area contributed by atoms with E-state index in [1.807, 2.05) is 0 Å². The molecule has 0 atom stereocenters. The van der Waals surface area contributed by atoms with E-state index in [0.717, 1.165) is 0 Å². The molecule has 0 bridgehead atoms. The molecule has 0 fully saturated rings. The molecule has 10 heteroatoms. The third-order valence-corrected chi connectivity index (χ3v) is 6.09. The van der Waals surface area contributed by atoms with Crippen molar-refractivity contribution in [3.8, 4) is 40.1 Å². The second kappa shape index (κ2) is 12.1.